The molecule has 4 heteroatoms. The fourth-order valence-electron chi connectivity index (χ4n) is 2.39. The van der Waals surface area contributed by atoms with Crippen LogP contribution in [0, 0.1) is 0 Å². The summed E-state index contributed by atoms with van der Waals surface area (Å²) in [5.74, 6) is 0.541. The summed E-state index contributed by atoms with van der Waals surface area (Å²) >= 11 is 5.89. The van der Waals surface area contributed by atoms with Crippen molar-refractivity contribution >= 4 is 28.2 Å². The number of ether oxygens (including phenoxy) is 1. The molecule has 0 aliphatic carbocycles. The Morgan fingerprint density at radius 3 is 3.17 bits per heavy atom. The maximum Gasteiger partial charge on any atom is 0.0885 e. The molecule has 18 heavy (non-hydrogen) atoms. The van der Waals surface area contributed by atoms with Crippen LogP contribution in [0.1, 0.15) is 0 Å². The lowest BCUT2D eigenvalue weighted by molar-refractivity contribution is 0.0555. The van der Waals surface area contributed by atoms with Crippen molar-refractivity contribution < 1.29 is 4.74 Å². The summed E-state index contributed by atoms with van der Waals surface area (Å²) in [4.78, 5) is 6.73. The van der Waals surface area contributed by atoms with Crippen LogP contribution in [0.2, 0.25) is 0 Å². The van der Waals surface area contributed by atoms with Gasteiger partial charge in [0, 0.05) is 30.4 Å². The van der Waals surface area contributed by atoms with Gasteiger partial charge in [-0.1, -0.05) is 6.07 Å². The molecule has 1 unspecified atom stereocenters. The average Bonchev–Trinajstić information content (AvgIpc) is 2.47. The summed E-state index contributed by atoms with van der Waals surface area (Å²) < 4.78 is 5.60. The second-order valence-corrected chi connectivity index (χ2v) is 4.75. The molecule has 0 bridgehead atoms. The molecule has 2 heterocycles. The molecule has 94 valence electrons. The number of aromatic nitrogens is 1. The van der Waals surface area contributed by atoms with Gasteiger partial charge in [-0.05, 0) is 24.3 Å². The van der Waals surface area contributed by atoms with Crippen LogP contribution in [0.3, 0.4) is 0 Å². The highest BCUT2D eigenvalue weighted by Crippen LogP contribution is 2.26. The fourth-order valence-corrected chi connectivity index (χ4v) is 2.58. The molecule has 0 amide bonds. The van der Waals surface area contributed by atoms with Gasteiger partial charge in [0.2, 0.25) is 0 Å². The molecule has 1 aliphatic heterocycles. The van der Waals surface area contributed by atoms with Gasteiger partial charge in [-0.15, -0.1) is 11.6 Å². The van der Waals surface area contributed by atoms with E-state index < -0.39 is 0 Å². The Morgan fingerprint density at radius 2 is 2.28 bits per heavy atom. The third-order valence-corrected chi connectivity index (χ3v) is 3.62. The predicted octanol–water partition coefficient (Wildman–Crippen LogP) is 2.68. The van der Waals surface area contributed by atoms with Crippen molar-refractivity contribution in [3.8, 4) is 0 Å². The maximum atomic E-state index is 5.89. The van der Waals surface area contributed by atoms with E-state index in [0.717, 1.165) is 25.2 Å². The molecular formula is C14H15ClN2O. The quantitative estimate of drug-likeness (QED) is 0.778. The fraction of sp³-hybridized carbons (Fsp3) is 0.357. The SMILES string of the molecule is ClCC1CN(c2cccc3ncccc23)CCO1. The standard InChI is InChI=1S/C14H15ClN2O/c15-9-11-10-17(7-8-18-11)14-5-1-4-13-12(14)3-2-6-16-13/h1-6,11H,7-10H2. The topological polar surface area (TPSA) is 25.4 Å². The molecular weight excluding hydrogens is 248 g/mol. The van der Waals surface area contributed by atoms with Crippen molar-refractivity contribution in [2.45, 2.75) is 6.10 Å². The third kappa shape index (κ3) is 2.16. The first kappa shape index (κ1) is 11.8. The molecule has 3 nitrogen and oxygen atoms in total. The van der Waals surface area contributed by atoms with Crippen LogP contribution in [-0.4, -0.2) is 36.7 Å². The first-order chi connectivity index (χ1) is 8.88. The Balaban J connectivity index is 1.98. The highest BCUT2D eigenvalue weighted by Gasteiger charge is 2.21. The third-order valence-electron chi connectivity index (χ3n) is 3.27. The van der Waals surface area contributed by atoms with E-state index in [9.17, 15) is 0 Å². The summed E-state index contributed by atoms with van der Waals surface area (Å²) in [6.45, 7) is 2.48. The lowest BCUT2D eigenvalue weighted by Gasteiger charge is -2.34. The van der Waals surface area contributed by atoms with Gasteiger partial charge in [0.15, 0.2) is 0 Å². The van der Waals surface area contributed by atoms with Crippen molar-refractivity contribution in [2.24, 2.45) is 0 Å². The number of fused-ring (bicyclic) bond motifs is 1. The zero-order valence-electron chi connectivity index (χ0n) is 10.1. The van der Waals surface area contributed by atoms with E-state index in [-0.39, 0.29) is 6.10 Å². The summed E-state index contributed by atoms with van der Waals surface area (Å²) in [5.41, 5.74) is 2.25. The molecule has 3 rings (SSSR count). The Labute approximate surface area is 111 Å². The molecule has 0 spiro atoms. The number of alkyl halides is 1. The van der Waals surface area contributed by atoms with Crippen LogP contribution in [0.4, 0.5) is 5.69 Å². The van der Waals surface area contributed by atoms with Crippen molar-refractivity contribution in [3.63, 3.8) is 0 Å². The minimum atomic E-state index is 0.118. The van der Waals surface area contributed by atoms with Crippen molar-refractivity contribution in [1.82, 2.24) is 4.98 Å². The number of rotatable bonds is 2. The number of hydrogen-bond donors (Lipinski definition) is 0. The molecule has 1 aliphatic rings. The number of benzene rings is 1. The molecule has 1 aromatic heterocycles. The highest BCUT2D eigenvalue weighted by atomic mass is 35.5. The molecule has 1 saturated heterocycles. The number of anilines is 1. The Bertz CT molecular complexity index is 541. The first-order valence-corrected chi connectivity index (χ1v) is 6.68. The van der Waals surface area contributed by atoms with E-state index in [4.69, 9.17) is 16.3 Å². The van der Waals surface area contributed by atoms with Gasteiger partial charge >= 0.3 is 0 Å². The average molecular weight is 263 g/mol. The van der Waals surface area contributed by atoms with Gasteiger partial charge in [-0.25, -0.2) is 0 Å². The van der Waals surface area contributed by atoms with Crippen molar-refractivity contribution in [2.75, 3.05) is 30.5 Å². The minimum Gasteiger partial charge on any atom is -0.373 e. The van der Waals surface area contributed by atoms with Gasteiger partial charge in [0.05, 0.1) is 24.1 Å². The highest BCUT2D eigenvalue weighted by molar-refractivity contribution is 6.18. The van der Waals surface area contributed by atoms with Crippen LogP contribution >= 0.6 is 11.6 Å². The normalized spacial score (nSPS) is 20.3. The van der Waals surface area contributed by atoms with Crippen molar-refractivity contribution in [1.29, 1.82) is 0 Å². The lowest BCUT2D eigenvalue weighted by Crippen LogP contribution is -2.43. The van der Waals surface area contributed by atoms with Crippen LogP contribution in [0.5, 0.6) is 0 Å². The van der Waals surface area contributed by atoms with Crippen molar-refractivity contribution in [3.05, 3.63) is 36.5 Å². The predicted molar refractivity (Wildman–Crippen MR) is 74.4 cm³/mol. The Morgan fingerprint density at radius 1 is 1.33 bits per heavy atom. The van der Waals surface area contributed by atoms with E-state index in [0.29, 0.717) is 5.88 Å². The zero-order valence-corrected chi connectivity index (χ0v) is 10.8. The molecule has 1 aromatic carbocycles. The number of pyridine rings is 1. The maximum absolute atomic E-state index is 5.89. The van der Waals surface area contributed by atoms with E-state index in [2.05, 4.69) is 28.1 Å². The van der Waals surface area contributed by atoms with E-state index >= 15 is 0 Å². The smallest absolute Gasteiger partial charge is 0.0885 e. The molecule has 0 radical (unpaired) electrons. The zero-order chi connectivity index (χ0) is 12.4. The van der Waals surface area contributed by atoms with Gasteiger partial charge in [-0.3, -0.25) is 4.98 Å². The van der Waals surface area contributed by atoms with E-state index in [1.165, 1.54) is 11.1 Å². The molecule has 2 aromatic rings. The number of halogens is 1. The summed E-state index contributed by atoms with van der Waals surface area (Å²) in [6.07, 6.45) is 1.94. The first-order valence-electron chi connectivity index (χ1n) is 6.15. The van der Waals surface area contributed by atoms with Gasteiger partial charge < -0.3 is 9.64 Å². The van der Waals surface area contributed by atoms with E-state index in [1.54, 1.807) is 0 Å². The Hall–Kier alpha value is -1.32. The van der Waals surface area contributed by atoms with Crippen LogP contribution < -0.4 is 4.90 Å². The summed E-state index contributed by atoms with van der Waals surface area (Å²) in [7, 11) is 0. The second-order valence-electron chi connectivity index (χ2n) is 4.44. The lowest BCUT2D eigenvalue weighted by atomic mass is 10.1. The number of morpholine rings is 1. The summed E-state index contributed by atoms with van der Waals surface area (Å²) in [6, 6.07) is 10.3. The minimum absolute atomic E-state index is 0.118. The van der Waals surface area contributed by atoms with Crippen LogP contribution in [0.15, 0.2) is 36.5 Å². The molecule has 1 atom stereocenters. The van der Waals surface area contributed by atoms with Gasteiger partial charge in [0.1, 0.15) is 0 Å². The van der Waals surface area contributed by atoms with Crippen LogP contribution in [-0.2, 0) is 4.74 Å². The van der Waals surface area contributed by atoms with Crippen LogP contribution in [0.25, 0.3) is 10.9 Å². The monoisotopic (exact) mass is 262 g/mol. The molecule has 0 N–H and O–H groups in total. The Kier molecular flexibility index (Phi) is 3.35. The second kappa shape index (κ2) is 5.12. The molecule has 0 saturated carbocycles. The largest absolute Gasteiger partial charge is 0.373 e. The van der Waals surface area contributed by atoms with Gasteiger partial charge in [0.25, 0.3) is 0 Å². The number of hydrogen-bond acceptors (Lipinski definition) is 3. The van der Waals surface area contributed by atoms with Gasteiger partial charge in [-0.2, -0.15) is 0 Å². The molecule has 1 fully saturated rings. The van der Waals surface area contributed by atoms with E-state index in [1.807, 2.05) is 18.3 Å². The number of nitrogens with zero attached hydrogens (tertiary/aromatic N) is 2. The summed E-state index contributed by atoms with van der Waals surface area (Å²) in [5, 5.41) is 1.19.